The normalized spacial score (nSPS) is 9.86. The van der Waals surface area contributed by atoms with Gasteiger partial charge in [-0.3, -0.25) is 9.59 Å². The number of primary amides is 2. The van der Waals surface area contributed by atoms with Crippen molar-refractivity contribution in [1.82, 2.24) is 9.97 Å². The van der Waals surface area contributed by atoms with Crippen molar-refractivity contribution in [3.63, 3.8) is 0 Å². The smallest absolute Gasteiger partial charge is 0.286 e. The van der Waals surface area contributed by atoms with Gasteiger partial charge in [0, 0.05) is 0 Å². The van der Waals surface area contributed by atoms with Crippen molar-refractivity contribution in [2.24, 2.45) is 11.5 Å². The van der Waals surface area contributed by atoms with Gasteiger partial charge in [0.2, 0.25) is 5.82 Å². The third-order valence-corrected chi connectivity index (χ3v) is 1.74. The fourth-order valence-corrected chi connectivity index (χ4v) is 1.18. The van der Waals surface area contributed by atoms with E-state index in [0.717, 1.165) is 0 Å². The van der Waals surface area contributed by atoms with Crippen LogP contribution >= 0.6 is 0 Å². The Bertz CT molecular complexity index is 391. The molecule has 0 unspecified atom stereocenters. The van der Waals surface area contributed by atoms with E-state index in [9.17, 15) is 9.59 Å². The quantitative estimate of drug-likeness (QED) is 0.647. The van der Waals surface area contributed by atoms with Gasteiger partial charge >= 0.3 is 0 Å². The highest BCUT2D eigenvalue weighted by Gasteiger charge is 2.14. The molecule has 14 heavy (non-hydrogen) atoms. The molecular weight excluding hydrogens is 184 g/mol. The average molecular weight is 194 g/mol. The molecule has 1 heterocycles. The third-order valence-electron chi connectivity index (χ3n) is 1.74. The van der Waals surface area contributed by atoms with Crippen molar-refractivity contribution < 1.29 is 9.59 Å². The molecule has 4 N–H and O–H groups in total. The zero-order chi connectivity index (χ0) is 10.9. The van der Waals surface area contributed by atoms with Gasteiger partial charge in [0.25, 0.3) is 11.8 Å². The van der Waals surface area contributed by atoms with Gasteiger partial charge in [0.15, 0.2) is 0 Å². The Kier molecular flexibility index (Phi) is 2.46. The first-order chi connectivity index (χ1) is 6.43. The molecule has 0 saturated carbocycles. The predicted octanol–water partition coefficient (Wildman–Crippen LogP) is -0.709. The molecule has 0 atom stereocenters. The Morgan fingerprint density at radius 2 is 1.43 bits per heavy atom. The molecule has 0 aromatic carbocycles. The molecule has 0 aliphatic rings. The minimum atomic E-state index is -0.729. The summed E-state index contributed by atoms with van der Waals surface area (Å²) in [6.45, 7) is 3.14. The summed E-state index contributed by atoms with van der Waals surface area (Å²) in [5, 5.41) is 0. The largest absolute Gasteiger partial charge is 0.365 e. The predicted molar refractivity (Wildman–Crippen MR) is 48.5 cm³/mol. The van der Waals surface area contributed by atoms with Crippen LogP contribution in [0.3, 0.4) is 0 Å². The van der Waals surface area contributed by atoms with E-state index in [-0.39, 0.29) is 11.4 Å². The molecule has 0 saturated heterocycles. The number of carbonyl (C=O) groups is 2. The summed E-state index contributed by atoms with van der Waals surface area (Å²) < 4.78 is 0. The van der Waals surface area contributed by atoms with Crippen LogP contribution in [0.1, 0.15) is 32.4 Å². The number of amides is 2. The minimum Gasteiger partial charge on any atom is -0.365 e. The zero-order valence-electron chi connectivity index (χ0n) is 7.87. The fourth-order valence-electron chi connectivity index (χ4n) is 1.18. The number of carbonyl (C=O) groups excluding carboxylic acids is 2. The van der Waals surface area contributed by atoms with Gasteiger partial charge in [-0.25, -0.2) is 9.97 Å². The second kappa shape index (κ2) is 3.41. The number of hydrogen-bond acceptors (Lipinski definition) is 4. The number of aryl methyl sites for hydroxylation is 2. The lowest BCUT2D eigenvalue weighted by Gasteiger charge is -2.05. The molecule has 6 heteroatoms. The van der Waals surface area contributed by atoms with Crippen LogP contribution in [0.5, 0.6) is 0 Å². The molecule has 1 rings (SSSR count). The summed E-state index contributed by atoms with van der Waals surface area (Å²) in [6, 6.07) is 0. The molecule has 0 fully saturated rings. The van der Waals surface area contributed by atoms with Crippen LogP contribution in [0, 0.1) is 13.8 Å². The Balaban J connectivity index is 3.39. The number of nitrogens with two attached hydrogens (primary N) is 2. The SMILES string of the molecule is Cc1nc(C(N)=O)nc(C)c1C(N)=O. The van der Waals surface area contributed by atoms with Gasteiger partial charge in [0.05, 0.1) is 17.0 Å². The van der Waals surface area contributed by atoms with Crippen molar-refractivity contribution in [3.8, 4) is 0 Å². The molecule has 0 spiro atoms. The number of rotatable bonds is 2. The number of aromatic nitrogens is 2. The number of nitrogens with zero attached hydrogens (tertiary/aromatic N) is 2. The summed E-state index contributed by atoms with van der Waals surface area (Å²) in [5.74, 6) is -1.45. The van der Waals surface area contributed by atoms with E-state index < -0.39 is 11.8 Å². The topological polar surface area (TPSA) is 112 Å². The maximum Gasteiger partial charge on any atom is 0.286 e. The van der Waals surface area contributed by atoms with Crippen LogP contribution in [-0.4, -0.2) is 21.8 Å². The maximum atomic E-state index is 10.9. The zero-order valence-corrected chi connectivity index (χ0v) is 7.87. The van der Waals surface area contributed by atoms with Gasteiger partial charge in [0.1, 0.15) is 0 Å². The minimum absolute atomic E-state index is 0.106. The van der Waals surface area contributed by atoms with Crippen molar-refractivity contribution in [3.05, 3.63) is 22.8 Å². The van der Waals surface area contributed by atoms with Crippen molar-refractivity contribution in [1.29, 1.82) is 0 Å². The highest BCUT2D eigenvalue weighted by molar-refractivity contribution is 5.96. The maximum absolute atomic E-state index is 10.9. The van der Waals surface area contributed by atoms with Gasteiger partial charge in [-0.2, -0.15) is 0 Å². The van der Waals surface area contributed by atoms with Gasteiger partial charge in [-0.05, 0) is 13.8 Å². The van der Waals surface area contributed by atoms with Crippen LogP contribution in [0.15, 0.2) is 0 Å². The van der Waals surface area contributed by atoms with Crippen molar-refractivity contribution >= 4 is 11.8 Å². The molecule has 1 aromatic rings. The van der Waals surface area contributed by atoms with E-state index in [1.54, 1.807) is 13.8 Å². The lowest BCUT2D eigenvalue weighted by molar-refractivity contribution is 0.0978. The van der Waals surface area contributed by atoms with Crippen LogP contribution in [0.4, 0.5) is 0 Å². The van der Waals surface area contributed by atoms with Gasteiger partial charge in [-0.15, -0.1) is 0 Å². The second-order valence-corrected chi connectivity index (χ2v) is 2.82. The van der Waals surface area contributed by atoms with Crippen LogP contribution < -0.4 is 11.5 Å². The summed E-state index contributed by atoms with van der Waals surface area (Å²) in [4.78, 5) is 29.3. The summed E-state index contributed by atoms with van der Waals surface area (Å²) in [6.07, 6.45) is 0. The second-order valence-electron chi connectivity index (χ2n) is 2.82. The summed E-state index contributed by atoms with van der Waals surface area (Å²) in [5.41, 5.74) is 11.1. The molecule has 74 valence electrons. The Morgan fingerprint density at radius 3 is 1.71 bits per heavy atom. The Hall–Kier alpha value is -1.98. The molecule has 6 nitrogen and oxygen atoms in total. The molecular formula is C8H10N4O2. The standard InChI is InChI=1S/C8H10N4O2/c1-3-5(6(9)13)4(2)12-8(11-3)7(10)14/h1-2H3,(H2,9,13)(H2,10,14). The highest BCUT2D eigenvalue weighted by atomic mass is 16.1. The summed E-state index contributed by atoms with van der Waals surface area (Å²) >= 11 is 0. The van der Waals surface area contributed by atoms with E-state index in [2.05, 4.69) is 9.97 Å². The van der Waals surface area contributed by atoms with E-state index in [1.165, 1.54) is 0 Å². The van der Waals surface area contributed by atoms with E-state index in [1.807, 2.05) is 0 Å². The lowest BCUT2D eigenvalue weighted by Crippen LogP contribution is -2.21. The van der Waals surface area contributed by atoms with Crippen LogP contribution in [-0.2, 0) is 0 Å². The fraction of sp³-hybridized carbons (Fsp3) is 0.250. The molecule has 0 bridgehead atoms. The molecule has 0 aliphatic carbocycles. The first kappa shape index (κ1) is 10.1. The van der Waals surface area contributed by atoms with E-state index >= 15 is 0 Å². The molecule has 0 radical (unpaired) electrons. The lowest BCUT2D eigenvalue weighted by atomic mass is 10.1. The van der Waals surface area contributed by atoms with Gasteiger partial charge < -0.3 is 11.5 Å². The molecule has 2 amide bonds. The van der Waals surface area contributed by atoms with Crippen molar-refractivity contribution in [2.45, 2.75) is 13.8 Å². The average Bonchev–Trinajstić information content (AvgIpc) is 2.01. The molecule has 0 aliphatic heterocycles. The van der Waals surface area contributed by atoms with Crippen LogP contribution in [0.25, 0.3) is 0 Å². The first-order valence-electron chi connectivity index (χ1n) is 3.88. The van der Waals surface area contributed by atoms with E-state index in [0.29, 0.717) is 11.4 Å². The Morgan fingerprint density at radius 1 is 1.00 bits per heavy atom. The third kappa shape index (κ3) is 1.68. The first-order valence-corrected chi connectivity index (χ1v) is 3.88. The van der Waals surface area contributed by atoms with Crippen LogP contribution in [0.2, 0.25) is 0 Å². The van der Waals surface area contributed by atoms with Gasteiger partial charge in [-0.1, -0.05) is 0 Å². The molecule has 1 aromatic heterocycles. The number of hydrogen-bond donors (Lipinski definition) is 2. The van der Waals surface area contributed by atoms with Crippen molar-refractivity contribution in [2.75, 3.05) is 0 Å². The monoisotopic (exact) mass is 194 g/mol. The highest BCUT2D eigenvalue weighted by Crippen LogP contribution is 2.08. The summed E-state index contributed by atoms with van der Waals surface area (Å²) in [7, 11) is 0. The Labute approximate surface area is 80.3 Å². The van der Waals surface area contributed by atoms with E-state index in [4.69, 9.17) is 11.5 Å².